The van der Waals surface area contributed by atoms with Gasteiger partial charge in [0.15, 0.2) is 5.78 Å². The van der Waals surface area contributed by atoms with Crippen molar-refractivity contribution >= 4 is 11.9 Å². The molecular formula is C15H11N3O. The third-order valence-corrected chi connectivity index (χ3v) is 2.59. The number of benzene rings is 1. The monoisotopic (exact) mass is 249 g/mol. The summed E-state index contributed by atoms with van der Waals surface area (Å²) in [6.45, 7) is 8.32. The summed E-state index contributed by atoms with van der Waals surface area (Å²) in [6.07, 6.45) is 6.53. The number of hydrogen-bond acceptors (Lipinski definition) is 3. The van der Waals surface area contributed by atoms with Crippen LogP contribution in [0.1, 0.15) is 12.5 Å². The maximum atomic E-state index is 11.2. The highest BCUT2D eigenvalue weighted by molar-refractivity contribution is 5.99. The molecule has 4 nitrogen and oxygen atoms in total. The maximum absolute atomic E-state index is 11.2. The van der Waals surface area contributed by atoms with Crippen LogP contribution < -0.4 is 0 Å². The summed E-state index contributed by atoms with van der Waals surface area (Å²) >= 11 is 0. The zero-order chi connectivity index (χ0) is 13.7. The van der Waals surface area contributed by atoms with Gasteiger partial charge >= 0.3 is 0 Å². The van der Waals surface area contributed by atoms with Crippen LogP contribution in [0.2, 0.25) is 0 Å². The van der Waals surface area contributed by atoms with E-state index in [-0.39, 0.29) is 11.5 Å². The molecule has 92 valence electrons. The molecule has 0 bridgehead atoms. The molecule has 0 aliphatic rings. The Hall–Kier alpha value is -2.80. The second kappa shape index (κ2) is 5.69. The second-order valence-electron chi connectivity index (χ2n) is 3.95. The summed E-state index contributed by atoms with van der Waals surface area (Å²) in [7, 11) is 0. The van der Waals surface area contributed by atoms with Crippen molar-refractivity contribution in [1.29, 1.82) is 0 Å². The Bertz CT molecular complexity index is 652. The van der Waals surface area contributed by atoms with Gasteiger partial charge in [-0.15, -0.1) is 0 Å². The van der Waals surface area contributed by atoms with Crippen molar-refractivity contribution in [2.45, 2.75) is 6.92 Å². The topological polar surface area (TPSA) is 47.2 Å². The van der Waals surface area contributed by atoms with Crippen LogP contribution in [0, 0.1) is 6.57 Å². The quantitative estimate of drug-likeness (QED) is 0.620. The third-order valence-electron chi connectivity index (χ3n) is 2.59. The summed E-state index contributed by atoms with van der Waals surface area (Å²) < 4.78 is 0. The lowest BCUT2D eigenvalue weighted by Crippen LogP contribution is -1.90. The Balaban J connectivity index is 2.30. The number of hydrogen-bond donors (Lipinski definition) is 0. The number of aromatic nitrogens is 2. The molecule has 4 heteroatoms. The third kappa shape index (κ3) is 3.11. The Morgan fingerprint density at radius 3 is 2.32 bits per heavy atom. The van der Waals surface area contributed by atoms with E-state index in [9.17, 15) is 4.79 Å². The average Bonchev–Trinajstić information content (AvgIpc) is 2.46. The van der Waals surface area contributed by atoms with E-state index in [4.69, 9.17) is 6.57 Å². The van der Waals surface area contributed by atoms with Gasteiger partial charge in [-0.3, -0.25) is 0 Å². The lowest BCUT2D eigenvalue weighted by atomic mass is 10.1. The molecule has 0 fully saturated rings. The maximum Gasteiger partial charge on any atom is 0.229 e. The van der Waals surface area contributed by atoms with E-state index in [1.807, 2.05) is 24.3 Å². The minimum absolute atomic E-state index is 0.135. The Morgan fingerprint density at radius 2 is 1.79 bits per heavy atom. The van der Waals surface area contributed by atoms with Gasteiger partial charge in [-0.1, -0.05) is 24.3 Å². The first-order valence-corrected chi connectivity index (χ1v) is 5.66. The van der Waals surface area contributed by atoms with Crippen molar-refractivity contribution in [2.24, 2.45) is 0 Å². The first-order chi connectivity index (χ1) is 9.20. The fourth-order valence-corrected chi connectivity index (χ4v) is 1.59. The highest BCUT2D eigenvalue weighted by Gasteiger charge is 2.03. The van der Waals surface area contributed by atoms with Crippen LogP contribution in [0.5, 0.6) is 0 Å². The van der Waals surface area contributed by atoms with E-state index < -0.39 is 0 Å². The molecule has 1 aromatic carbocycles. The van der Waals surface area contributed by atoms with Crippen LogP contribution in [0.25, 0.3) is 22.0 Å². The zero-order valence-electron chi connectivity index (χ0n) is 10.4. The highest BCUT2D eigenvalue weighted by atomic mass is 16.1. The summed E-state index contributed by atoms with van der Waals surface area (Å²) in [4.78, 5) is 22.3. The van der Waals surface area contributed by atoms with Crippen LogP contribution >= 0.6 is 0 Å². The molecule has 0 spiro atoms. The molecule has 2 rings (SSSR count). The largest absolute Gasteiger partial charge is 0.308 e. The van der Waals surface area contributed by atoms with E-state index in [0.29, 0.717) is 0 Å². The predicted octanol–water partition coefficient (Wildman–Crippen LogP) is 2.99. The molecule has 0 saturated heterocycles. The number of rotatable bonds is 3. The minimum Gasteiger partial charge on any atom is -0.308 e. The smallest absolute Gasteiger partial charge is 0.229 e. The van der Waals surface area contributed by atoms with Gasteiger partial charge in [-0.05, 0) is 24.1 Å². The molecule has 19 heavy (non-hydrogen) atoms. The van der Waals surface area contributed by atoms with E-state index in [2.05, 4.69) is 14.8 Å². The van der Waals surface area contributed by atoms with E-state index in [1.165, 1.54) is 13.3 Å². The fourth-order valence-electron chi connectivity index (χ4n) is 1.59. The number of Topliss-reactive ketones (excluding diaryl/α,β-unsaturated/α-hetero) is 1. The molecule has 0 aliphatic heterocycles. The molecule has 0 N–H and O–H groups in total. The molecule has 1 aromatic heterocycles. The van der Waals surface area contributed by atoms with Crippen LogP contribution in [0.3, 0.4) is 0 Å². The van der Waals surface area contributed by atoms with Gasteiger partial charge in [0.25, 0.3) is 0 Å². The summed E-state index contributed by atoms with van der Waals surface area (Å²) in [5, 5.41) is 0. The van der Waals surface area contributed by atoms with Crippen LogP contribution in [-0.4, -0.2) is 15.8 Å². The Labute approximate surface area is 111 Å². The van der Waals surface area contributed by atoms with E-state index in [0.717, 1.165) is 16.7 Å². The Kier molecular flexibility index (Phi) is 3.79. The summed E-state index contributed by atoms with van der Waals surface area (Å²) in [5.74, 6) is -0.226. The predicted molar refractivity (Wildman–Crippen MR) is 72.7 cm³/mol. The molecule has 0 unspecified atom stereocenters. The molecule has 1 heterocycles. The van der Waals surface area contributed by atoms with Crippen LogP contribution in [-0.2, 0) is 4.79 Å². The normalized spacial score (nSPS) is 10.8. The van der Waals surface area contributed by atoms with Gasteiger partial charge in [0.05, 0.1) is 6.57 Å². The molecule has 0 radical (unpaired) electrons. The van der Waals surface area contributed by atoms with Gasteiger partial charge in [-0.25, -0.2) is 14.8 Å². The van der Waals surface area contributed by atoms with Crippen molar-refractivity contribution in [3.63, 3.8) is 0 Å². The van der Waals surface area contributed by atoms with Gasteiger partial charge in [0, 0.05) is 18.0 Å². The summed E-state index contributed by atoms with van der Waals surface area (Å²) in [6, 6.07) is 7.53. The van der Waals surface area contributed by atoms with Crippen molar-refractivity contribution < 1.29 is 4.79 Å². The minimum atomic E-state index is -0.226. The number of ketones is 1. The van der Waals surface area contributed by atoms with Crippen molar-refractivity contribution in [2.75, 3.05) is 0 Å². The van der Waals surface area contributed by atoms with E-state index >= 15 is 0 Å². The van der Waals surface area contributed by atoms with E-state index in [1.54, 1.807) is 18.5 Å². The number of allylic oxidation sites excluding steroid dienone is 1. The lowest BCUT2D eigenvalue weighted by molar-refractivity contribution is -0.113. The second-order valence-corrected chi connectivity index (χ2v) is 3.95. The number of nitrogens with zero attached hydrogens (tertiary/aromatic N) is 3. The molecular weight excluding hydrogens is 238 g/mol. The lowest BCUT2D eigenvalue weighted by Gasteiger charge is -2.01. The number of carbonyl (C=O) groups excluding carboxylic acids is 1. The van der Waals surface area contributed by atoms with Crippen LogP contribution in [0.4, 0.5) is 0 Å². The Morgan fingerprint density at radius 1 is 1.16 bits per heavy atom. The van der Waals surface area contributed by atoms with Crippen LogP contribution in [0.15, 0.2) is 48.7 Å². The molecule has 0 amide bonds. The first kappa shape index (κ1) is 12.7. The van der Waals surface area contributed by atoms with Crippen molar-refractivity contribution in [3.8, 4) is 11.1 Å². The molecule has 0 aliphatic carbocycles. The van der Waals surface area contributed by atoms with Crippen molar-refractivity contribution in [1.82, 2.24) is 9.97 Å². The van der Waals surface area contributed by atoms with Crippen molar-refractivity contribution in [3.05, 3.63) is 65.7 Å². The van der Waals surface area contributed by atoms with Gasteiger partial charge in [0.1, 0.15) is 6.33 Å². The molecule has 0 atom stereocenters. The SMILES string of the molecule is [C-]#[N+]/C(=C\c1ccc(-c2cncnc2)cc1)C(C)=O. The summed E-state index contributed by atoms with van der Waals surface area (Å²) in [5.41, 5.74) is 2.87. The standard InChI is InChI=1S/C15H11N3O/c1-11(19)15(16-2)7-12-3-5-13(6-4-12)14-8-17-10-18-9-14/h3-10H,1H3/b15-7-. The first-order valence-electron chi connectivity index (χ1n) is 5.66. The zero-order valence-corrected chi connectivity index (χ0v) is 10.4. The van der Waals surface area contributed by atoms with Gasteiger partial charge in [-0.2, -0.15) is 0 Å². The fraction of sp³-hybridized carbons (Fsp3) is 0.0667. The van der Waals surface area contributed by atoms with Gasteiger partial charge < -0.3 is 4.79 Å². The van der Waals surface area contributed by atoms with Gasteiger partial charge in [0.2, 0.25) is 5.70 Å². The number of carbonyl (C=O) groups is 1. The molecule has 2 aromatic rings. The molecule has 0 saturated carbocycles. The highest BCUT2D eigenvalue weighted by Crippen LogP contribution is 2.19. The average molecular weight is 249 g/mol.